The summed E-state index contributed by atoms with van der Waals surface area (Å²) in [6, 6.07) is 4.35. The Morgan fingerprint density at radius 3 is 2.67 bits per heavy atom. The lowest BCUT2D eigenvalue weighted by Gasteiger charge is -1.94. The zero-order chi connectivity index (χ0) is 9.14. The molecule has 1 aromatic carbocycles. The van der Waals surface area contributed by atoms with E-state index in [4.69, 9.17) is 0 Å². The van der Waals surface area contributed by atoms with Gasteiger partial charge in [-0.2, -0.15) is 0 Å². The van der Waals surface area contributed by atoms with Crippen LogP contribution in [0, 0.1) is 13.7 Å². The highest BCUT2D eigenvalue weighted by Gasteiger charge is 2.11. The number of halogens is 1. The van der Waals surface area contributed by atoms with Crippen LogP contribution in [-0.4, -0.2) is 11.2 Å². The lowest BCUT2D eigenvalue weighted by molar-refractivity contribution is -0.385. The van der Waals surface area contributed by atoms with Crippen molar-refractivity contribution in [2.45, 2.75) is 0 Å². The predicted octanol–water partition coefficient (Wildman–Crippen LogP) is 2.01. The van der Waals surface area contributed by atoms with Crippen molar-refractivity contribution in [3.63, 3.8) is 0 Å². The van der Waals surface area contributed by atoms with E-state index in [2.05, 4.69) is 0 Å². The van der Waals surface area contributed by atoms with Gasteiger partial charge in [0.1, 0.15) is 6.29 Å². The SMILES string of the molecule is O=Cc1ccc(I)c([N+](=O)[O-])c1. The van der Waals surface area contributed by atoms with Crippen LogP contribution >= 0.6 is 22.6 Å². The van der Waals surface area contributed by atoms with Crippen molar-refractivity contribution in [3.8, 4) is 0 Å². The summed E-state index contributed by atoms with van der Waals surface area (Å²) in [6.45, 7) is 0. The number of carbonyl (C=O) groups is 1. The summed E-state index contributed by atoms with van der Waals surface area (Å²) in [7, 11) is 0. The molecular weight excluding hydrogens is 273 g/mol. The highest BCUT2D eigenvalue weighted by Crippen LogP contribution is 2.20. The number of carbonyl (C=O) groups excluding carboxylic acids is 1. The molecular formula is C7H4INO3. The van der Waals surface area contributed by atoms with Gasteiger partial charge in [-0.1, -0.05) is 6.07 Å². The summed E-state index contributed by atoms with van der Waals surface area (Å²) in [6.07, 6.45) is 0.586. The number of benzene rings is 1. The highest BCUT2D eigenvalue weighted by molar-refractivity contribution is 14.1. The van der Waals surface area contributed by atoms with E-state index in [1.54, 1.807) is 12.1 Å². The van der Waals surface area contributed by atoms with Gasteiger partial charge in [0.15, 0.2) is 0 Å². The number of nitro groups is 1. The first-order valence-corrected chi connectivity index (χ1v) is 4.12. The molecule has 0 aromatic heterocycles. The molecule has 0 bridgehead atoms. The fourth-order valence-electron chi connectivity index (χ4n) is 0.743. The van der Waals surface area contributed by atoms with Gasteiger partial charge in [0.25, 0.3) is 5.69 Å². The Hall–Kier alpha value is -0.980. The molecule has 12 heavy (non-hydrogen) atoms. The van der Waals surface area contributed by atoms with Crippen molar-refractivity contribution >= 4 is 34.6 Å². The van der Waals surface area contributed by atoms with Gasteiger partial charge in [0.2, 0.25) is 0 Å². The predicted molar refractivity (Wildman–Crippen MR) is 51.2 cm³/mol. The van der Waals surface area contributed by atoms with Gasteiger partial charge in [-0.05, 0) is 28.7 Å². The summed E-state index contributed by atoms with van der Waals surface area (Å²) in [5.41, 5.74) is 0.294. The van der Waals surface area contributed by atoms with Crippen molar-refractivity contribution < 1.29 is 9.72 Å². The number of nitrogens with zero attached hydrogens (tertiary/aromatic N) is 1. The molecule has 0 aliphatic rings. The molecule has 0 saturated carbocycles. The molecule has 0 amide bonds. The third kappa shape index (κ3) is 1.79. The van der Waals surface area contributed by atoms with Gasteiger partial charge < -0.3 is 0 Å². The highest BCUT2D eigenvalue weighted by atomic mass is 127. The van der Waals surface area contributed by atoms with E-state index in [0.29, 0.717) is 15.4 Å². The molecule has 0 saturated heterocycles. The van der Waals surface area contributed by atoms with Gasteiger partial charge in [0.05, 0.1) is 8.49 Å². The minimum Gasteiger partial charge on any atom is -0.298 e. The largest absolute Gasteiger partial charge is 0.298 e. The second-order valence-corrected chi connectivity index (χ2v) is 3.25. The fraction of sp³-hybridized carbons (Fsp3) is 0. The Kier molecular flexibility index (Phi) is 2.74. The summed E-state index contributed by atoms with van der Waals surface area (Å²) in [5, 5.41) is 10.4. The molecule has 4 nitrogen and oxygen atoms in total. The maximum absolute atomic E-state index is 10.4. The fourth-order valence-corrected chi connectivity index (χ4v) is 1.28. The van der Waals surface area contributed by atoms with E-state index in [9.17, 15) is 14.9 Å². The van der Waals surface area contributed by atoms with Gasteiger partial charge in [-0.3, -0.25) is 14.9 Å². The van der Waals surface area contributed by atoms with Crippen LogP contribution in [0.15, 0.2) is 18.2 Å². The first kappa shape index (κ1) is 9.11. The van der Waals surface area contributed by atoms with Gasteiger partial charge in [0, 0.05) is 11.6 Å². The van der Waals surface area contributed by atoms with E-state index in [0.717, 1.165) is 0 Å². The lowest BCUT2D eigenvalue weighted by atomic mass is 10.2. The normalized spacial score (nSPS) is 9.42. The molecule has 1 rings (SSSR count). The number of hydrogen-bond donors (Lipinski definition) is 0. The Morgan fingerprint density at radius 2 is 2.17 bits per heavy atom. The molecule has 0 fully saturated rings. The molecule has 0 aliphatic heterocycles. The zero-order valence-corrected chi connectivity index (χ0v) is 8.02. The molecule has 0 heterocycles. The van der Waals surface area contributed by atoms with Crippen molar-refractivity contribution in [2.75, 3.05) is 0 Å². The zero-order valence-electron chi connectivity index (χ0n) is 5.86. The maximum atomic E-state index is 10.4. The van der Waals surface area contributed by atoms with E-state index in [-0.39, 0.29) is 5.69 Å². The summed E-state index contributed by atoms with van der Waals surface area (Å²) in [5.74, 6) is 0. The van der Waals surface area contributed by atoms with Crippen LogP contribution in [0.1, 0.15) is 10.4 Å². The third-order valence-corrected chi connectivity index (χ3v) is 2.22. The average Bonchev–Trinajstić information content (AvgIpc) is 2.05. The van der Waals surface area contributed by atoms with E-state index in [1.165, 1.54) is 6.07 Å². The van der Waals surface area contributed by atoms with E-state index >= 15 is 0 Å². The minimum atomic E-state index is -0.505. The lowest BCUT2D eigenvalue weighted by Crippen LogP contribution is -1.92. The van der Waals surface area contributed by atoms with Crippen molar-refractivity contribution in [1.82, 2.24) is 0 Å². The molecule has 0 radical (unpaired) electrons. The van der Waals surface area contributed by atoms with Crippen LogP contribution in [0.25, 0.3) is 0 Å². The van der Waals surface area contributed by atoms with Crippen molar-refractivity contribution in [1.29, 1.82) is 0 Å². The number of hydrogen-bond acceptors (Lipinski definition) is 3. The van der Waals surface area contributed by atoms with Crippen LogP contribution in [0.5, 0.6) is 0 Å². The van der Waals surface area contributed by atoms with Crippen LogP contribution in [-0.2, 0) is 0 Å². The molecule has 5 heteroatoms. The van der Waals surface area contributed by atoms with Gasteiger partial charge >= 0.3 is 0 Å². The quantitative estimate of drug-likeness (QED) is 0.359. The summed E-state index contributed by atoms with van der Waals surface area (Å²) >= 11 is 1.85. The molecule has 1 aromatic rings. The Morgan fingerprint density at radius 1 is 1.50 bits per heavy atom. The molecule has 0 atom stereocenters. The smallest absolute Gasteiger partial charge is 0.283 e. The standard InChI is InChI=1S/C7H4INO3/c8-6-2-1-5(4-10)3-7(6)9(11)12/h1-4H. The van der Waals surface area contributed by atoms with Gasteiger partial charge in [-0.25, -0.2) is 0 Å². The number of aldehydes is 1. The monoisotopic (exact) mass is 277 g/mol. The third-order valence-electron chi connectivity index (χ3n) is 1.30. The molecule has 0 unspecified atom stereocenters. The first-order valence-electron chi connectivity index (χ1n) is 3.04. The topological polar surface area (TPSA) is 60.2 Å². The first-order chi connectivity index (χ1) is 5.65. The number of rotatable bonds is 2. The molecule has 0 spiro atoms. The Labute approximate surface area is 81.9 Å². The van der Waals surface area contributed by atoms with Crippen LogP contribution in [0.2, 0.25) is 0 Å². The van der Waals surface area contributed by atoms with Crippen molar-refractivity contribution in [2.24, 2.45) is 0 Å². The Bertz CT molecular complexity index is 337. The summed E-state index contributed by atoms with van der Waals surface area (Å²) in [4.78, 5) is 20.1. The molecule has 62 valence electrons. The molecule has 0 N–H and O–H groups in total. The van der Waals surface area contributed by atoms with Crippen LogP contribution < -0.4 is 0 Å². The number of nitro benzene ring substituents is 1. The Balaban J connectivity index is 3.25. The van der Waals surface area contributed by atoms with E-state index < -0.39 is 4.92 Å². The molecule has 0 aliphatic carbocycles. The second kappa shape index (κ2) is 3.61. The summed E-state index contributed by atoms with van der Waals surface area (Å²) < 4.78 is 0.531. The van der Waals surface area contributed by atoms with Crippen LogP contribution in [0.4, 0.5) is 5.69 Å². The van der Waals surface area contributed by atoms with Crippen molar-refractivity contribution in [3.05, 3.63) is 37.4 Å². The van der Waals surface area contributed by atoms with E-state index in [1.807, 2.05) is 22.6 Å². The minimum absolute atomic E-state index is 0.0276. The maximum Gasteiger partial charge on any atom is 0.283 e. The second-order valence-electron chi connectivity index (χ2n) is 2.09. The average molecular weight is 277 g/mol. The van der Waals surface area contributed by atoms with Gasteiger partial charge in [-0.15, -0.1) is 0 Å². The van der Waals surface area contributed by atoms with Crippen LogP contribution in [0.3, 0.4) is 0 Å².